The molecule has 0 radical (unpaired) electrons. The van der Waals surface area contributed by atoms with Crippen molar-refractivity contribution in [2.45, 2.75) is 0 Å². The van der Waals surface area contributed by atoms with Crippen molar-refractivity contribution in [3.05, 3.63) is 54.9 Å². The molecule has 0 saturated carbocycles. The van der Waals surface area contributed by atoms with Gasteiger partial charge in [0.25, 0.3) is 0 Å². The lowest BCUT2D eigenvalue weighted by molar-refractivity contribution is 0.415. The summed E-state index contributed by atoms with van der Waals surface area (Å²) in [5.41, 5.74) is 3.02. The average Bonchev–Trinajstić information content (AvgIpc) is 2.82. The van der Waals surface area contributed by atoms with E-state index in [1.54, 1.807) is 7.11 Å². The summed E-state index contributed by atoms with van der Waals surface area (Å²) in [6.07, 6.45) is 4.02. The summed E-state index contributed by atoms with van der Waals surface area (Å²) in [4.78, 5) is 4.56. The lowest BCUT2D eigenvalue weighted by Crippen LogP contribution is -1.82. The fourth-order valence-corrected chi connectivity index (χ4v) is 1.84. The largest absolute Gasteiger partial charge is 0.497 e. The summed E-state index contributed by atoms with van der Waals surface area (Å²) in [7, 11) is 1.67. The average molecular weight is 224 g/mol. The van der Waals surface area contributed by atoms with E-state index in [0.717, 1.165) is 22.7 Å². The standard InChI is InChI=1S/C14H12N2O/c1-17-12-7-5-11(6-8-12)13-10-16-9-3-2-4-14(16)15-13/h2-10H,1H3. The van der Waals surface area contributed by atoms with Gasteiger partial charge in [0.1, 0.15) is 11.4 Å². The van der Waals surface area contributed by atoms with E-state index in [0.29, 0.717) is 0 Å². The highest BCUT2D eigenvalue weighted by Gasteiger charge is 2.03. The summed E-state index contributed by atoms with van der Waals surface area (Å²) >= 11 is 0. The minimum atomic E-state index is 0.859. The Bertz CT molecular complexity index is 608. The number of hydrogen-bond acceptors (Lipinski definition) is 2. The van der Waals surface area contributed by atoms with Gasteiger partial charge in [0, 0.05) is 18.0 Å². The van der Waals surface area contributed by atoms with Gasteiger partial charge in [-0.05, 0) is 36.4 Å². The Morgan fingerprint density at radius 1 is 1.06 bits per heavy atom. The van der Waals surface area contributed by atoms with Crippen LogP contribution in [0.1, 0.15) is 0 Å². The molecule has 17 heavy (non-hydrogen) atoms. The molecule has 0 fully saturated rings. The SMILES string of the molecule is COc1ccc(-c2cn3ccccc3n2)cc1. The molecule has 0 saturated heterocycles. The summed E-state index contributed by atoms with van der Waals surface area (Å²) < 4.78 is 7.15. The van der Waals surface area contributed by atoms with E-state index in [9.17, 15) is 0 Å². The van der Waals surface area contributed by atoms with Crippen molar-refractivity contribution in [3.63, 3.8) is 0 Å². The smallest absolute Gasteiger partial charge is 0.137 e. The van der Waals surface area contributed by atoms with Gasteiger partial charge in [-0.1, -0.05) is 6.07 Å². The summed E-state index contributed by atoms with van der Waals surface area (Å²) in [5.74, 6) is 0.859. The molecule has 0 N–H and O–H groups in total. The van der Waals surface area contributed by atoms with Gasteiger partial charge in [-0.3, -0.25) is 0 Å². The van der Waals surface area contributed by atoms with Gasteiger partial charge in [-0.25, -0.2) is 4.98 Å². The maximum absolute atomic E-state index is 5.14. The molecule has 3 nitrogen and oxygen atoms in total. The third kappa shape index (κ3) is 1.76. The maximum Gasteiger partial charge on any atom is 0.137 e. The minimum Gasteiger partial charge on any atom is -0.497 e. The number of aromatic nitrogens is 2. The Hall–Kier alpha value is -2.29. The molecule has 0 aliphatic carbocycles. The molecule has 0 atom stereocenters. The normalized spacial score (nSPS) is 10.6. The Morgan fingerprint density at radius 2 is 1.88 bits per heavy atom. The number of benzene rings is 1. The fourth-order valence-electron chi connectivity index (χ4n) is 1.84. The lowest BCUT2D eigenvalue weighted by atomic mass is 10.2. The van der Waals surface area contributed by atoms with Crippen LogP contribution < -0.4 is 4.74 Å². The second-order valence-electron chi connectivity index (χ2n) is 3.82. The highest BCUT2D eigenvalue weighted by molar-refractivity contribution is 5.63. The summed E-state index contributed by atoms with van der Waals surface area (Å²) in [5, 5.41) is 0. The molecule has 1 aromatic carbocycles. The minimum absolute atomic E-state index is 0.859. The summed E-state index contributed by atoms with van der Waals surface area (Å²) in [6.45, 7) is 0. The van der Waals surface area contributed by atoms with Gasteiger partial charge in [0.05, 0.1) is 12.8 Å². The maximum atomic E-state index is 5.14. The third-order valence-electron chi connectivity index (χ3n) is 2.75. The molecule has 3 rings (SSSR count). The molecular weight excluding hydrogens is 212 g/mol. The Kier molecular flexibility index (Phi) is 2.29. The molecule has 0 aliphatic rings. The monoisotopic (exact) mass is 224 g/mol. The molecule has 84 valence electrons. The second-order valence-corrected chi connectivity index (χ2v) is 3.82. The predicted molar refractivity (Wildman–Crippen MR) is 67.2 cm³/mol. The molecule has 0 amide bonds. The number of rotatable bonds is 2. The van der Waals surface area contributed by atoms with Gasteiger partial charge < -0.3 is 9.14 Å². The number of imidazole rings is 1. The van der Waals surface area contributed by atoms with E-state index >= 15 is 0 Å². The number of fused-ring (bicyclic) bond motifs is 1. The van der Waals surface area contributed by atoms with Gasteiger partial charge in [0.2, 0.25) is 0 Å². The van der Waals surface area contributed by atoms with Crippen LogP contribution in [0.5, 0.6) is 5.75 Å². The molecule has 0 bridgehead atoms. The van der Waals surface area contributed by atoms with E-state index < -0.39 is 0 Å². The van der Waals surface area contributed by atoms with Gasteiger partial charge >= 0.3 is 0 Å². The van der Waals surface area contributed by atoms with Crippen molar-refractivity contribution in [2.24, 2.45) is 0 Å². The van der Waals surface area contributed by atoms with Crippen LogP contribution in [0.15, 0.2) is 54.9 Å². The highest BCUT2D eigenvalue weighted by atomic mass is 16.5. The van der Waals surface area contributed by atoms with Crippen molar-refractivity contribution in [2.75, 3.05) is 7.11 Å². The summed E-state index contributed by atoms with van der Waals surface area (Å²) in [6, 6.07) is 13.9. The molecule has 0 aliphatic heterocycles. The quantitative estimate of drug-likeness (QED) is 0.669. The Balaban J connectivity index is 2.07. The van der Waals surface area contributed by atoms with Crippen molar-refractivity contribution >= 4 is 5.65 Å². The number of hydrogen-bond donors (Lipinski definition) is 0. The van der Waals surface area contributed by atoms with Crippen molar-refractivity contribution in [1.82, 2.24) is 9.38 Å². The van der Waals surface area contributed by atoms with Crippen LogP contribution in [0, 0.1) is 0 Å². The zero-order chi connectivity index (χ0) is 11.7. The van der Waals surface area contributed by atoms with E-state index in [-0.39, 0.29) is 0 Å². The number of methoxy groups -OCH3 is 1. The number of nitrogens with zero attached hydrogens (tertiary/aromatic N) is 2. The first-order valence-electron chi connectivity index (χ1n) is 5.45. The first-order valence-corrected chi connectivity index (χ1v) is 5.45. The molecule has 0 unspecified atom stereocenters. The van der Waals surface area contributed by atoms with Crippen LogP contribution >= 0.6 is 0 Å². The van der Waals surface area contributed by atoms with Crippen LogP contribution in [0.3, 0.4) is 0 Å². The van der Waals surface area contributed by atoms with Crippen molar-refractivity contribution in [1.29, 1.82) is 0 Å². The zero-order valence-corrected chi connectivity index (χ0v) is 9.50. The molecular formula is C14H12N2O. The highest BCUT2D eigenvalue weighted by Crippen LogP contribution is 2.21. The zero-order valence-electron chi connectivity index (χ0n) is 9.50. The van der Waals surface area contributed by atoms with E-state index in [1.807, 2.05) is 59.3 Å². The first-order chi connectivity index (χ1) is 8.36. The van der Waals surface area contributed by atoms with Crippen LogP contribution in [-0.2, 0) is 0 Å². The van der Waals surface area contributed by atoms with Crippen LogP contribution in [0.4, 0.5) is 0 Å². The van der Waals surface area contributed by atoms with E-state index in [1.165, 1.54) is 0 Å². The molecule has 2 heterocycles. The lowest BCUT2D eigenvalue weighted by Gasteiger charge is -1.99. The van der Waals surface area contributed by atoms with E-state index in [4.69, 9.17) is 4.74 Å². The number of pyridine rings is 1. The van der Waals surface area contributed by atoms with Gasteiger partial charge in [0.15, 0.2) is 0 Å². The van der Waals surface area contributed by atoms with Crippen molar-refractivity contribution in [3.8, 4) is 17.0 Å². The Morgan fingerprint density at radius 3 is 2.59 bits per heavy atom. The number of ether oxygens (including phenoxy) is 1. The van der Waals surface area contributed by atoms with E-state index in [2.05, 4.69) is 4.98 Å². The third-order valence-corrected chi connectivity index (χ3v) is 2.75. The van der Waals surface area contributed by atoms with Crippen LogP contribution in [0.2, 0.25) is 0 Å². The molecule has 0 spiro atoms. The molecule has 2 aromatic heterocycles. The first kappa shape index (κ1) is 9.90. The molecule has 3 aromatic rings. The van der Waals surface area contributed by atoms with Crippen LogP contribution in [-0.4, -0.2) is 16.5 Å². The van der Waals surface area contributed by atoms with Crippen molar-refractivity contribution < 1.29 is 4.74 Å². The second kappa shape index (κ2) is 3.94. The Labute approximate surface area is 99.3 Å². The fraction of sp³-hybridized carbons (Fsp3) is 0.0714. The van der Waals surface area contributed by atoms with Gasteiger partial charge in [-0.15, -0.1) is 0 Å². The van der Waals surface area contributed by atoms with Gasteiger partial charge in [-0.2, -0.15) is 0 Å². The predicted octanol–water partition coefficient (Wildman–Crippen LogP) is 3.01. The molecule has 3 heteroatoms. The van der Waals surface area contributed by atoms with Crippen LogP contribution in [0.25, 0.3) is 16.9 Å². The topological polar surface area (TPSA) is 26.5 Å².